The number of pyridine rings is 1. The van der Waals surface area contributed by atoms with Crippen LogP contribution in [0, 0.1) is 11.8 Å². The molecule has 0 saturated carbocycles. The molecule has 0 unspecified atom stereocenters. The molecule has 0 aliphatic carbocycles. The van der Waals surface area contributed by atoms with Crippen LogP contribution >= 0.6 is 0 Å². The fraction of sp³-hybridized carbons (Fsp3) is 0.640. The number of H-pyrrole nitrogens is 1. The van der Waals surface area contributed by atoms with Crippen molar-refractivity contribution in [3.8, 4) is 0 Å². The highest BCUT2D eigenvalue weighted by molar-refractivity contribution is 6.05. The first-order valence-electron chi connectivity index (χ1n) is 12.2. The first-order chi connectivity index (χ1) is 16.0. The highest BCUT2D eigenvalue weighted by atomic mass is 16.2. The lowest BCUT2D eigenvalue weighted by atomic mass is 10.0. The van der Waals surface area contributed by atoms with Crippen LogP contribution in [0.3, 0.4) is 0 Å². The van der Waals surface area contributed by atoms with Gasteiger partial charge in [-0.3, -0.25) is 23.9 Å². The number of likely N-dealkylation sites (tertiary alicyclic amines) is 1. The van der Waals surface area contributed by atoms with Crippen molar-refractivity contribution >= 4 is 22.8 Å². The number of fused-ring (bicyclic) bond motifs is 1. The molecule has 0 aromatic carbocycles. The molecule has 2 N–H and O–H groups in total. The molecule has 3 heterocycles. The summed E-state index contributed by atoms with van der Waals surface area (Å²) in [6, 6.07) is 1.56. The molecule has 34 heavy (non-hydrogen) atoms. The van der Waals surface area contributed by atoms with E-state index in [-0.39, 0.29) is 46.3 Å². The summed E-state index contributed by atoms with van der Waals surface area (Å²) >= 11 is 0. The summed E-state index contributed by atoms with van der Waals surface area (Å²) < 4.78 is 1.45. The summed E-state index contributed by atoms with van der Waals surface area (Å²) in [5.74, 6) is 0.258. The Morgan fingerprint density at radius 3 is 2.29 bits per heavy atom. The van der Waals surface area contributed by atoms with Crippen molar-refractivity contribution in [3.05, 3.63) is 38.2 Å². The van der Waals surface area contributed by atoms with E-state index >= 15 is 0 Å². The summed E-state index contributed by atoms with van der Waals surface area (Å²) in [6.07, 6.45) is 1.84. The van der Waals surface area contributed by atoms with Gasteiger partial charge in [0.2, 0.25) is 5.91 Å². The third kappa shape index (κ3) is 5.74. The van der Waals surface area contributed by atoms with Gasteiger partial charge in [0.05, 0.1) is 10.9 Å². The summed E-state index contributed by atoms with van der Waals surface area (Å²) in [4.78, 5) is 59.9. The zero-order valence-corrected chi connectivity index (χ0v) is 21.1. The van der Waals surface area contributed by atoms with E-state index in [1.807, 2.05) is 46.4 Å². The number of aromatic nitrogens is 3. The number of piperidine rings is 1. The normalized spacial score (nSPS) is 15.0. The molecule has 1 saturated heterocycles. The number of carbonyl (C=O) groups is 2. The van der Waals surface area contributed by atoms with Crippen molar-refractivity contribution in [2.45, 2.75) is 79.3 Å². The minimum atomic E-state index is -0.609. The summed E-state index contributed by atoms with van der Waals surface area (Å²) in [5, 5.41) is 3.18. The molecular formula is C25H37N5O4. The van der Waals surface area contributed by atoms with E-state index in [0.717, 1.165) is 0 Å². The Morgan fingerprint density at radius 2 is 1.74 bits per heavy atom. The highest BCUT2D eigenvalue weighted by Gasteiger charge is 2.26. The Labute approximate surface area is 200 Å². The first-order valence-corrected chi connectivity index (χ1v) is 12.2. The number of carbonyl (C=O) groups excluding carboxylic acids is 2. The fourth-order valence-corrected chi connectivity index (χ4v) is 4.32. The molecular weight excluding hydrogens is 434 g/mol. The third-order valence-electron chi connectivity index (χ3n) is 6.12. The fourth-order valence-electron chi connectivity index (χ4n) is 4.32. The van der Waals surface area contributed by atoms with Gasteiger partial charge in [0, 0.05) is 37.8 Å². The highest BCUT2D eigenvalue weighted by Crippen LogP contribution is 2.21. The van der Waals surface area contributed by atoms with Gasteiger partial charge < -0.3 is 10.2 Å². The van der Waals surface area contributed by atoms with E-state index in [1.54, 1.807) is 6.07 Å². The van der Waals surface area contributed by atoms with Gasteiger partial charge in [-0.2, -0.15) is 0 Å². The summed E-state index contributed by atoms with van der Waals surface area (Å²) in [5.41, 5.74) is -0.0145. The van der Waals surface area contributed by atoms with Crippen molar-refractivity contribution < 1.29 is 9.59 Å². The van der Waals surface area contributed by atoms with Crippen LogP contribution in [0.15, 0.2) is 15.7 Å². The summed E-state index contributed by atoms with van der Waals surface area (Å²) in [7, 11) is 0. The quantitative estimate of drug-likeness (QED) is 0.644. The average Bonchev–Trinajstić information content (AvgIpc) is 2.75. The predicted octanol–water partition coefficient (Wildman–Crippen LogP) is 2.63. The largest absolute Gasteiger partial charge is 0.349 e. The predicted molar refractivity (Wildman–Crippen MR) is 132 cm³/mol. The molecule has 1 fully saturated rings. The maximum atomic E-state index is 13.4. The van der Waals surface area contributed by atoms with Crippen molar-refractivity contribution in [2.75, 3.05) is 13.1 Å². The molecule has 0 radical (unpaired) electrons. The molecule has 9 heteroatoms. The smallest absolute Gasteiger partial charge is 0.330 e. The zero-order valence-electron chi connectivity index (χ0n) is 21.1. The van der Waals surface area contributed by atoms with E-state index in [1.165, 1.54) is 4.57 Å². The van der Waals surface area contributed by atoms with Crippen LogP contribution in [0.1, 0.15) is 82.8 Å². The van der Waals surface area contributed by atoms with Gasteiger partial charge in [0.15, 0.2) is 5.65 Å². The van der Waals surface area contributed by atoms with Gasteiger partial charge in [-0.25, -0.2) is 9.78 Å². The van der Waals surface area contributed by atoms with Gasteiger partial charge in [-0.05, 0) is 36.7 Å². The number of amides is 2. The number of hydrogen-bond donors (Lipinski definition) is 2. The zero-order chi connectivity index (χ0) is 25.2. The molecule has 2 aromatic heterocycles. The summed E-state index contributed by atoms with van der Waals surface area (Å²) in [6.45, 7) is 13.5. The molecule has 1 aliphatic rings. The lowest BCUT2D eigenvalue weighted by molar-refractivity contribution is -0.133. The number of hydrogen-bond acceptors (Lipinski definition) is 5. The lowest BCUT2D eigenvalue weighted by Crippen LogP contribution is -2.47. The van der Waals surface area contributed by atoms with E-state index in [4.69, 9.17) is 0 Å². The molecule has 1 aliphatic heterocycles. The number of nitrogens with one attached hydrogen (secondary N) is 2. The second-order valence-electron chi connectivity index (χ2n) is 10.4. The van der Waals surface area contributed by atoms with Gasteiger partial charge in [0.25, 0.3) is 11.5 Å². The Morgan fingerprint density at radius 1 is 1.09 bits per heavy atom. The van der Waals surface area contributed by atoms with Gasteiger partial charge in [0.1, 0.15) is 0 Å². The van der Waals surface area contributed by atoms with Crippen LogP contribution in [-0.2, 0) is 11.3 Å². The SMILES string of the molecule is CC(C)CC(=O)N1CCC(NC(=O)c2cc(C(C)C)nc3c2c(=O)[nH]c(=O)n3CC(C)C)CC1. The van der Waals surface area contributed by atoms with Crippen molar-refractivity contribution in [1.82, 2.24) is 24.8 Å². The maximum Gasteiger partial charge on any atom is 0.330 e. The lowest BCUT2D eigenvalue weighted by Gasteiger charge is -2.33. The molecule has 9 nitrogen and oxygen atoms in total. The molecule has 0 spiro atoms. The van der Waals surface area contributed by atoms with Crippen LogP contribution in [0.5, 0.6) is 0 Å². The Balaban J connectivity index is 1.92. The van der Waals surface area contributed by atoms with Crippen molar-refractivity contribution in [2.24, 2.45) is 11.8 Å². The second-order valence-corrected chi connectivity index (χ2v) is 10.4. The molecule has 2 amide bonds. The van der Waals surface area contributed by atoms with Gasteiger partial charge in [-0.1, -0.05) is 41.5 Å². The molecule has 0 atom stereocenters. The molecule has 3 rings (SSSR count). The van der Waals surface area contributed by atoms with Crippen LogP contribution in [0.25, 0.3) is 11.0 Å². The molecule has 186 valence electrons. The Kier molecular flexibility index (Phi) is 7.94. The van der Waals surface area contributed by atoms with Gasteiger partial charge >= 0.3 is 5.69 Å². The van der Waals surface area contributed by atoms with Crippen molar-refractivity contribution in [1.29, 1.82) is 0 Å². The topological polar surface area (TPSA) is 117 Å². The molecule has 2 aromatic rings. The van der Waals surface area contributed by atoms with Crippen LogP contribution in [0.2, 0.25) is 0 Å². The van der Waals surface area contributed by atoms with Crippen LogP contribution in [0.4, 0.5) is 0 Å². The maximum absolute atomic E-state index is 13.4. The number of aromatic amines is 1. The van der Waals surface area contributed by atoms with E-state index < -0.39 is 11.2 Å². The second kappa shape index (κ2) is 10.5. The third-order valence-corrected chi connectivity index (χ3v) is 6.12. The van der Waals surface area contributed by atoms with E-state index in [0.29, 0.717) is 50.5 Å². The monoisotopic (exact) mass is 471 g/mol. The Bertz CT molecular complexity index is 1170. The average molecular weight is 472 g/mol. The van der Waals surface area contributed by atoms with Crippen LogP contribution < -0.4 is 16.6 Å². The standard InChI is InChI=1S/C25H37N5O4/c1-14(2)11-20(31)29-9-7-17(8-10-29)26-23(32)18-12-19(16(5)6)27-22-21(18)24(33)28-25(34)30(22)13-15(3)4/h12,14-17H,7-11,13H2,1-6H3,(H,26,32)(H,28,33,34). The van der Waals surface area contributed by atoms with Gasteiger partial charge in [-0.15, -0.1) is 0 Å². The van der Waals surface area contributed by atoms with Crippen LogP contribution in [-0.4, -0.2) is 50.4 Å². The minimum Gasteiger partial charge on any atom is -0.349 e. The van der Waals surface area contributed by atoms with E-state index in [9.17, 15) is 19.2 Å². The minimum absolute atomic E-state index is 0.00745. The van der Waals surface area contributed by atoms with E-state index in [2.05, 4.69) is 15.3 Å². The number of rotatable bonds is 7. The van der Waals surface area contributed by atoms with Crippen molar-refractivity contribution in [3.63, 3.8) is 0 Å². The Hall–Kier alpha value is -2.97. The number of nitrogens with zero attached hydrogens (tertiary/aromatic N) is 3. The molecule has 0 bridgehead atoms. The first kappa shape index (κ1) is 25.6.